The zero-order valence-corrected chi connectivity index (χ0v) is 9.85. The molecular formula is C13H18N2O2. The predicted molar refractivity (Wildman–Crippen MR) is 66.3 cm³/mol. The molecule has 2 aliphatic heterocycles. The highest BCUT2D eigenvalue weighted by Crippen LogP contribution is 2.39. The van der Waals surface area contributed by atoms with Crippen molar-refractivity contribution in [2.24, 2.45) is 0 Å². The van der Waals surface area contributed by atoms with E-state index in [1.165, 1.54) is 0 Å². The molecule has 17 heavy (non-hydrogen) atoms. The number of aromatic hydroxyl groups is 1. The minimum Gasteiger partial charge on any atom is -0.508 e. The molecule has 0 bridgehead atoms. The molecule has 3 rings (SSSR count). The number of phenols is 1. The first-order valence-corrected chi connectivity index (χ1v) is 6.24. The van der Waals surface area contributed by atoms with Crippen LogP contribution in [0.15, 0.2) is 18.2 Å². The van der Waals surface area contributed by atoms with Crippen LogP contribution in [0, 0.1) is 0 Å². The van der Waals surface area contributed by atoms with E-state index in [9.17, 15) is 5.11 Å². The van der Waals surface area contributed by atoms with Crippen LogP contribution in [0.4, 0.5) is 5.69 Å². The normalized spacial score (nSPS) is 25.1. The first kappa shape index (κ1) is 10.9. The summed E-state index contributed by atoms with van der Waals surface area (Å²) in [5, 5.41) is 13.4. The van der Waals surface area contributed by atoms with Crippen LogP contribution in [-0.2, 0) is 4.74 Å². The monoisotopic (exact) mass is 234 g/mol. The van der Waals surface area contributed by atoms with Crippen LogP contribution in [-0.4, -0.2) is 42.9 Å². The highest BCUT2D eigenvalue weighted by Gasteiger charge is 2.29. The van der Waals surface area contributed by atoms with Gasteiger partial charge in [0.1, 0.15) is 5.75 Å². The Morgan fingerprint density at radius 1 is 1.29 bits per heavy atom. The minimum absolute atomic E-state index is 0.330. The number of ether oxygens (including phenoxy) is 1. The summed E-state index contributed by atoms with van der Waals surface area (Å²) in [6.45, 7) is 4.48. The molecule has 0 saturated carbocycles. The average molecular weight is 234 g/mol. The molecule has 4 heteroatoms. The molecule has 0 radical (unpaired) electrons. The fourth-order valence-electron chi connectivity index (χ4n) is 2.80. The number of hydrogen-bond acceptors (Lipinski definition) is 4. The van der Waals surface area contributed by atoms with E-state index in [4.69, 9.17) is 4.74 Å². The lowest BCUT2D eigenvalue weighted by Crippen LogP contribution is -2.41. The van der Waals surface area contributed by atoms with Gasteiger partial charge < -0.3 is 15.2 Å². The van der Waals surface area contributed by atoms with Crippen LogP contribution in [0.3, 0.4) is 0 Å². The van der Waals surface area contributed by atoms with E-state index in [2.05, 4.69) is 10.2 Å². The Labute approximate surface area is 101 Å². The zero-order valence-electron chi connectivity index (χ0n) is 9.85. The molecule has 2 aliphatic rings. The molecule has 4 nitrogen and oxygen atoms in total. The van der Waals surface area contributed by atoms with Crippen molar-refractivity contribution in [3.8, 4) is 5.75 Å². The van der Waals surface area contributed by atoms with Gasteiger partial charge in [-0.1, -0.05) is 6.07 Å². The summed E-state index contributed by atoms with van der Waals surface area (Å²) in [5.74, 6) is 0.409. The maximum atomic E-state index is 10.1. The second kappa shape index (κ2) is 4.55. The van der Waals surface area contributed by atoms with Crippen molar-refractivity contribution in [2.75, 3.05) is 38.2 Å². The molecule has 2 N–H and O–H groups in total. The molecule has 1 unspecified atom stereocenters. The molecule has 1 saturated heterocycles. The Hall–Kier alpha value is -1.26. The van der Waals surface area contributed by atoms with E-state index < -0.39 is 0 Å². The van der Waals surface area contributed by atoms with E-state index in [1.807, 2.05) is 12.1 Å². The van der Waals surface area contributed by atoms with E-state index >= 15 is 0 Å². The van der Waals surface area contributed by atoms with Crippen LogP contribution < -0.4 is 5.32 Å². The summed E-state index contributed by atoms with van der Waals surface area (Å²) in [6.07, 6.45) is 1.05. The third-order valence-electron chi connectivity index (χ3n) is 3.64. The Balaban J connectivity index is 1.92. The van der Waals surface area contributed by atoms with Crippen LogP contribution in [0.25, 0.3) is 0 Å². The first-order chi connectivity index (χ1) is 8.36. The number of hydrogen-bond donors (Lipinski definition) is 2. The highest BCUT2D eigenvalue weighted by molar-refractivity contribution is 5.60. The highest BCUT2D eigenvalue weighted by atomic mass is 16.5. The number of nitrogens with one attached hydrogen (secondary N) is 1. The van der Waals surface area contributed by atoms with Crippen molar-refractivity contribution in [2.45, 2.75) is 12.5 Å². The number of phenolic OH excluding ortho intramolecular Hbond substituents is 1. The minimum atomic E-state index is 0.330. The lowest BCUT2D eigenvalue weighted by Gasteiger charge is -2.38. The van der Waals surface area contributed by atoms with E-state index in [1.54, 1.807) is 6.07 Å². The SMILES string of the molecule is Oc1cccc2c1C(N1CCOCC1)CCN2. The molecule has 2 heterocycles. The summed E-state index contributed by atoms with van der Waals surface area (Å²) >= 11 is 0. The maximum Gasteiger partial charge on any atom is 0.122 e. The molecule has 1 fully saturated rings. The Kier molecular flexibility index (Phi) is 2.91. The maximum absolute atomic E-state index is 10.1. The van der Waals surface area contributed by atoms with Crippen molar-refractivity contribution >= 4 is 5.69 Å². The molecule has 1 aromatic carbocycles. The van der Waals surface area contributed by atoms with Crippen molar-refractivity contribution in [1.82, 2.24) is 4.90 Å². The van der Waals surface area contributed by atoms with E-state index in [0.717, 1.165) is 50.5 Å². The average Bonchev–Trinajstić information content (AvgIpc) is 2.39. The Morgan fingerprint density at radius 2 is 2.12 bits per heavy atom. The van der Waals surface area contributed by atoms with Crippen molar-refractivity contribution in [1.29, 1.82) is 0 Å². The van der Waals surface area contributed by atoms with E-state index in [-0.39, 0.29) is 0 Å². The quantitative estimate of drug-likeness (QED) is 0.774. The van der Waals surface area contributed by atoms with Crippen LogP contribution in [0.5, 0.6) is 5.75 Å². The Bertz CT molecular complexity index is 402. The second-order valence-electron chi connectivity index (χ2n) is 4.62. The smallest absolute Gasteiger partial charge is 0.122 e. The molecule has 0 aromatic heterocycles. The standard InChI is InChI=1S/C13H18N2O2/c16-12-3-1-2-10-13(12)11(4-5-14-10)15-6-8-17-9-7-15/h1-3,11,14,16H,4-9H2. The summed E-state index contributed by atoms with van der Waals surface area (Å²) in [5.41, 5.74) is 2.13. The van der Waals surface area contributed by atoms with Crippen molar-refractivity contribution < 1.29 is 9.84 Å². The fourth-order valence-corrected chi connectivity index (χ4v) is 2.80. The second-order valence-corrected chi connectivity index (χ2v) is 4.62. The van der Waals surface area contributed by atoms with Gasteiger partial charge in [-0.25, -0.2) is 0 Å². The van der Waals surface area contributed by atoms with Crippen LogP contribution in [0.1, 0.15) is 18.0 Å². The number of rotatable bonds is 1. The van der Waals surface area contributed by atoms with Gasteiger partial charge in [0.2, 0.25) is 0 Å². The summed E-state index contributed by atoms with van der Waals surface area (Å²) in [4.78, 5) is 2.42. The topological polar surface area (TPSA) is 44.7 Å². The summed E-state index contributed by atoms with van der Waals surface area (Å²) in [7, 11) is 0. The third kappa shape index (κ3) is 1.98. The lowest BCUT2D eigenvalue weighted by molar-refractivity contribution is 0.0139. The first-order valence-electron chi connectivity index (χ1n) is 6.24. The molecule has 0 aliphatic carbocycles. The molecule has 0 amide bonds. The fraction of sp³-hybridized carbons (Fsp3) is 0.538. The van der Waals surface area contributed by atoms with Gasteiger partial charge in [0, 0.05) is 36.9 Å². The molecule has 1 aromatic rings. The number of nitrogens with zero attached hydrogens (tertiary/aromatic N) is 1. The van der Waals surface area contributed by atoms with Gasteiger partial charge in [0.25, 0.3) is 0 Å². The van der Waals surface area contributed by atoms with Gasteiger partial charge in [-0.2, -0.15) is 0 Å². The number of anilines is 1. The van der Waals surface area contributed by atoms with Gasteiger partial charge in [-0.05, 0) is 18.6 Å². The van der Waals surface area contributed by atoms with Crippen LogP contribution >= 0.6 is 0 Å². The van der Waals surface area contributed by atoms with Gasteiger partial charge in [0.05, 0.1) is 13.2 Å². The van der Waals surface area contributed by atoms with Gasteiger partial charge >= 0.3 is 0 Å². The van der Waals surface area contributed by atoms with Crippen LogP contribution in [0.2, 0.25) is 0 Å². The van der Waals surface area contributed by atoms with E-state index in [0.29, 0.717) is 11.8 Å². The summed E-state index contributed by atoms with van der Waals surface area (Å²) < 4.78 is 5.39. The summed E-state index contributed by atoms with van der Waals surface area (Å²) in [6, 6.07) is 6.04. The molecule has 1 atom stereocenters. The Morgan fingerprint density at radius 3 is 2.94 bits per heavy atom. The van der Waals surface area contributed by atoms with Crippen molar-refractivity contribution in [3.05, 3.63) is 23.8 Å². The van der Waals surface area contributed by atoms with Crippen molar-refractivity contribution in [3.63, 3.8) is 0 Å². The lowest BCUT2D eigenvalue weighted by atomic mass is 9.95. The molecule has 92 valence electrons. The largest absolute Gasteiger partial charge is 0.508 e. The third-order valence-corrected chi connectivity index (χ3v) is 3.64. The molecule has 0 spiro atoms. The predicted octanol–water partition coefficient (Wildman–Crippen LogP) is 1.58. The number of morpholine rings is 1. The van der Waals surface area contributed by atoms with Gasteiger partial charge in [-0.15, -0.1) is 0 Å². The molecular weight excluding hydrogens is 216 g/mol. The number of benzene rings is 1. The van der Waals surface area contributed by atoms with Gasteiger partial charge in [0.15, 0.2) is 0 Å². The zero-order chi connectivity index (χ0) is 11.7. The van der Waals surface area contributed by atoms with Gasteiger partial charge in [-0.3, -0.25) is 4.90 Å². The number of fused-ring (bicyclic) bond motifs is 1.